The van der Waals surface area contributed by atoms with Gasteiger partial charge >= 0.3 is 0 Å². The average molecular weight is 183 g/mol. The highest BCUT2D eigenvalue weighted by Crippen LogP contribution is 2.21. The second kappa shape index (κ2) is 3.85. The van der Waals surface area contributed by atoms with E-state index in [0.717, 1.165) is 0 Å². The summed E-state index contributed by atoms with van der Waals surface area (Å²) in [6, 6.07) is 4.46. The van der Waals surface area contributed by atoms with Crippen molar-refractivity contribution in [3.63, 3.8) is 0 Å². The molecule has 0 unspecified atom stereocenters. The first-order chi connectivity index (χ1) is 6.04. The molecule has 0 aliphatic heterocycles. The molecule has 2 atom stereocenters. The molecule has 72 valence electrons. The summed E-state index contributed by atoms with van der Waals surface area (Å²) in [5.41, 5.74) is 6.27. The lowest BCUT2D eigenvalue weighted by molar-refractivity contribution is 0.149. The van der Waals surface area contributed by atoms with Crippen LogP contribution in [0.1, 0.15) is 24.2 Å². The molecule has 0 spiro atoms. The fourth-order valence-corrected chi connectivity index (χ4v) is 1.18. The Morgan fingerprint density at radius 3 is 2.62 bits per heavy atom. The fourth-order valence-electron chi connectivity index (χ4n) is 1.18. The van der Waals surface area contributed by atoms with Crippen molar-refractivity contribution < 1.29 is 9.50 Å². The third kappa shape index (κ3) is 2.05. The summed E-state index contributed by atoms with van der Waals surface area (Å²) in [6.45, 7) is 3.30. The van der Waals surface area contributed by atoms with Crippen LogP contribution < -0.4 is 5.73 Å². The van der Waals surface area contributed by atoms with E-state index in [-0.39, 0.29) is 11.4 Å². The average Bonchev–Trinajstić information content (AvgIpc) is 2.08. The summed E-state index contributed by atoms with van der Waals surface area (Å²) >= 11 is 0. The van der Waals surface area contributed by atoms with Crippen LogP contribution in [0.15, 0.2) is 18.2 Å². The van der Waals surface area contributed by atoms with Crippen LogP contribution in [0.4, 0.5) is 4.39 Å². The van der Waals surface area contributed by atoms with Crippen molar-refractivity contribution in [3.8, 4) is 0 Å². The summed E-state index contributed by atoms with van der Waals surface area (Å²) < 4.78 is 13.4. The fraction of sp³-hybridized carbons (Fsp3) is 0.400. The van der Waals surface area contributed by atoms with Gasteiger partial charge in [0.05, 0.1) is 6.10 Å². The number of benzene rings is 1. The molecule has 0 bridgehead atoms. The van der Waals surface area contributed by atoms with Crippen LogP contribution in [0, 0.1) is 12.7 Å². The molecule has 0 fully saturated rings. The van der Waals surface area contributed by atoms with Crippen LogP contribution in [0.25, 0.3) is 0 Å². The van der Waals surface area contributed by atoms with Crippen molar-refractivity contribution in [1.29, 1.82) is 0 Å². The van der Waals surface area contributed by atoms with Crippen molar-refractivity contribution in [3.05, 3.63) is 35.1 Å². The third-order valence-electron chi connectivity index (χ3n) is 2.04. The summed E-state index contributed by atoms with van der Waals surface area (Å²) in [4.78, 5) is 0. The number of aryl methyl sites for hydroxylation is 1. The lowest BCUT2D eigenvalue weighted by Crippen LogP contribution is -2.25. The first-order valence-corrected chi connectivity index (χ1v) is 4.22. The maximum Gasteiger partial charge on any atom is 0.131 e. The topological polar surface area (TPSA) is 46.2 Å². The molecule has 13 heavy (non-hydrogen) atoms. The Labute approximate surface area is 77.2 Å². The molecule has 3 heteroatoms. The Balaban J connectivity index is 3.07. The van der Waals surface area contributed by atoms with E-state index in [0.29, 0.717) is 5.56 Å². The van der Waals surface area contributed by atoms with E-state index in [9.17, 15) is 9.50 Å². The first-order valence-electron chi connectivity index (χ1n) is 4.22. The number of nitrogens with two attached hydrogens (primary N) is 1. The lowest BCUT2D eigenvalue weighted by Gasteiger charge is -2.16. The van der Waals surface area contributed by atoms with E-state index in [4.69, 9.17) is 5.73 Å². The van der Waals surface area contributed by atoms with Crippen LogP contribution in [-0.2, 0) is 0 Å². The van der Waals surface area contributed by atoms with Gasteiger partial charge in [0.25, 0.3) is 0 Å². The van der Waals surface area contributed by atoms with Crippen molar-refractivity contribution in [2.24, 2.45) is 5.73 Å². The molecule has 2 nitrogen and oxygen atoms in total. The van der Waals surface area contributed by atoms with Gasteiger partial charge in [0.15, 0.2) is 0 Å². The van der Waals surface area contributed by atoms with E-state index in [1.807, 2.05) is 0 Å². The number of hydrogen-bond acceptors (Lipinski definition) is 2. The maximum atomic E-state index is 13.4. The van der Waals surface area contributed by atoms with Crippen LogP contribution in [-0.4, -0.2) is 11.1 Å². The SMILES string of the molecule is Cc1cccc([C@H](O)[C@H](C)N)c1F. The summed E-state index contributed by atoms with van der Waals surface area (Å²) in [7, 11) is 0. The van der Waals surface area contributed by atoms with Crippen molar-refractivity contribution in [2.45, 2.75) is 26.0 Å². The molecule has 1 aromatic rings. The number of aliphatic hydroxyl groups is 1. The van der Waals surface area contributed by atoms with E-state index in [2.05, 4.69) is 0 Å². The second-order valence-corrected chi connectivity index (χ2v) is 3.28. The molecule has 0 heterocycles. The molecular weight excluding hydrogens is 169 g/mol. The van der Waals surface area contributed by atoms with Crippen LogP contribution >= 0.6 is 0 Å². The molecule has 0 aliphatic carbocycles. The zero-order valence-corrected chi connectivity index (χ0v) is 7.79. The maximum absolute atomic E-state index is 13.4. The van der Waals surface area contributed by atoms with Crippen molar-refractivity contribution in [1.82, 2.24) is 0 Å². The Hall–Kier alpha value is -0.930. The van der Waals surface area contributed by atoms with Crippen LogP contribution in [0.2, 0.25) is 0 Å². The number of aliphatic hydroxyl groups excluding tert-OH is 1. The zero-order valence-electron chi connectivity index (χ0n) is 7.79. The van der Waals surface area contributed by atoms with Crippen LogP contribution in [0.5, 0.6) is 0 Å². The Morgan fingerprint density at radius 2 is 2.08 bits per heavy atom. The van der Waals surface area contributed by atoms with Gasteiger partial charge < -0.3 is 10.8 Å². The van der Waals surface area contributed by atoms with Gasteiger partial charge in [-0.25, -0.2) is 4.39 Å². The first kappa shape index (κ1) is 10.2. The third-order valence-corrected chi connectivity index (χ3v) is 2.04. The normalized spacial score (nSPS) is 15.5. The quantitative estimate of drug-likeness (QED) is 0.730. The highest BCUT2D eigenvalue weighted by molar-refractivity contribution is 5.27. The minimum absolute atomic E-state index is 0.273. The van der Waals surface area contributed by atoms with Gasteiger partial charge in [-0.2, -0.15) is 0 Å². The molecule has 0 amide bonds. The van der Waals surface area contributed by atoms with Gasteiger partial charge in [0.2, 0.25) is 0 Å². The predicted octanol–water partition coefficient (Wildman–Crippen LogP) is 1.51. The van der Waals surface area contributed by atoms with E-state index in [1.54, 1.807) is 32.0 Å². The van der Waals surface area contributed by atoms with Gasteiger partial charge in [0, 0.05) is 11.6 Å². The molecule has 0 aliphatic rings. The smallest absolute Gasteiger partial charge is 0.131 e. The number of hydrogen-bond donors (Lipinski definition) is 2. The van der Waals surface area contributed by atoms with Crippen molar-refractivity contribution >= 4 is 0 Å². The van der Waals surface area contributed by atoms with Gasteiger partial charge in [-0.15, -0.1) is 0 Å². The molecule has 1 rings (SSSR count). The van der Waals surface area contributed by atoms with Gasteiger partial charge in [-0.1, -0.05) is 18.2 Å². The Bertz CT molecular complexity index is 299. The molecule has 0 radical (unpaired) electrons. The molecular formula is C10H14FNO. The lowest BCUT2D eigenvalue weighted by atomic mass is 10.0. The highest BCUT2D eigenvalue weighted by atomic mass is 19.1. The van der Waals surface area contributed by atoms with Gasteiger partial charge in [0.1, 0.15) is 5.82 Å². The molecule has 0 saturated carbocycles. The largest absolute Gasteiger partial charge is 0.387 e. The van der Waals surface area contributed by atoms with Crippen LogP contribution in [0.3, 0.4) is 0 Å². The van der Waals surface area contributed by atoms with E-state index < -0.39 is 12.1 Å². The molecule has 0 aromatic heterocycles. The minimum atomic E-state index is -0.931. The molecule has 3 N–H and O–H groups in total. The second-order valence-electron chi connectivity index (χ2n) is 3.28. The summed E-state index contributed by atoms with van der Waals surface area (Å²) in [5, 5.41) is 9.54. The monoisotopic (exact) mass is 183 g/mol. The summed E-state index contributed by atoms with van der Waals surface area (Å²) in [5.74, 6) is -0.368. The van der Waals surface area contributed by atoms with Gasteiger partial charge in [-0.3, -0.25) is 0 Å². The number of rotatable bonds is 2. The molecule has 0 saturated heterocycles. The Morgan fingerprint density at radius 1 is 1.46 bits per heavy atom. The minimum Gasteiger partial charge on any atom is -0.387 e. The number of halogens is 1. The van der Waals surface area contributed by atoms with Gasteiger partial charge in [-0.05, 0) is 19.4 Å². The highest BCUT2D eigenvalue weighted by Gasteiger charge is 2.17. The summed E-state index contributed by atoms with van der Waals surface area (Å²) in [6.07, 6.45) is -0.931. The van der Waals surface area contributed by atoms with E-state index >= 15 is 0 Å². The predicted molar refractivity (Wildman–Crippen MR) is 49.7 cm³/mol. The zero-order chi connectivity index (χ0) is 10.0. The van der Waals surface area contributed by atoms with Crippen molar-refractivity contribution in [2.75, 3.05) is 0 Å². The Kier molecular flexibility index (Phi) is 3.01. The molecule has 1 aromatic carbocycles. The standard InChI is InChI=1S/C10H14FNO/c1-6-4-3-5-8(9(6)11)10(13)7(2)12/h3-5,7,10,13H,12H2,1-2H3/t7-,10+/m0/s1. The van der Waals surface area contributed by atoms with E-state index in [1.165, 1.54) is 0 Å².